The van der Waals surface area contributed by atoms with Crippen molar-refractivity contribution in [1.82, 2.24) is 0 Å². The highest BCUT2D eigenvalue weighted by Gasteiger charge is 2.19. The zero-order chi connectivity index (χ0) is 13.9. The van der Waals surface area contributed by atoms with Crippen LogP contribution >= 0.6 is 0 Å². The zero-order valence-corrected chi connectivity index (χ0v) is 10.7. The van der Waals surface area contributed by atoms with E-state index in [0.29, 0.717) is 11.3 Å². The molecule has 0 saturated carbocycles. The van der Waals surface area contributed by atoms with Crippen LogP contribution < -0.4 is 4.90 Å². The lowest BCUT2D eigenvalue weighted by atomic mass is 10.0. The van der Waals surface area contributed by atoms with E-state index in [4.69, 9.17) is 0 Å². The molecule has 1 heterocycles. The van der Waals surface area contributed by atoms with Crippen LogP contribution in [0.1, 0.15) is 0 Å². The number of carbonyl (C=O) groups excluding carboxylic acids is 1. The molecule has 0 amide bonds. The van der Waals surface area contributed by atoms with E-state index in [-0.39, 0.29) is 11.5 Å². The quantitative estimate of drug-likeness (QED) is 0.791. The molecule has 3 rings (SSSR count). The molecule has 2 aliphatic rings. The molecule has 20 heavy (non-hydrogen) atoms. The summed E-state index contributed by atoms with van der Waals surface area (Å²) < 4.78 is 0. The number of hydrogen-bond donors (Lipinski definition) is 1. The van der Waals surface area contributed by atoms with Gasteiger partial charge in [0.1, 0.15) is 5.75 Å². The Kier molecular flexibility index (Phi) is 3.09. The molecular formula is C17H13NO2. The zero-order valence-electron chi connectivity index (χ0n) is 10.7. The van der Waals surface area contributed by atoms with Crippen molar-refractivity contribution in [1.29, 1.82) is 0 Å². The van der Waals surface area contributed by atoms with Crippen LogP contribution in [-0.4, -0.2) is 10.9 Å². The van der Waals surface area contributed by atoms with Gasteiger partial charge in [-0.1, -0.05) is 30.4 Å². The highest BCUT2D eigenvalue weighted by molar-refractivity contribution is 6.08. The number of aromatic hydroxyl groups is 1. The standard InChI is InChI=1S/C17H13NO2/c19-16-10-3-1-7-13(16)14-8-5-6-12-18(14)15-9-2-4-11-17(15)20/h1-12,20H. The third-order valence-electron chi connectivity index (χ3n) is 3.16. The number of benzene rings is 1. The molecule has 0 aromatic heterocycles. The van der Waals surface area contributed by atoms with Gasteiger partial charge in [0.05, 0.1) is 11.4 Å². The van der Waals surface area contributed by atoms with E-state index >= 15 is 0 Å². The Labute approximate surface area is 117 Å². The molecule has 3 heteroatoms. The predicted octanol–water partition coefficient (Wildman–Crippen LogP) is 3.23. The van der Waals surface area contributed by atoms with E-state index in [9.17, 15) is 9.90 Å². The molecule has 0 bridgehead atoms. The summed E-state index contributed by atoms with van der Waals surface area (Å²) in [5.41, 5.74) is 2.00. The van der Waals surface area contributed by atoms with Gasteiger partial charge >= 0.3 is 0 Å². The van der Waals surface area contributed by atoms with Gasteiger partial charge in [-0.2, -0.15) is 0 Å². The van der Waals surface area contributed by atoms with Gasteiger partial charge in [0.2, 0.25) is 0 Å². The first-order valence-corrected chi connectivity index (χ1v) is 6.33. The number of anilines is 1. The summed E-state index contributed by atoms with van der Waals surface area (Å²) in [6.07, 6.45) is 14.3. The number of ketones is 1. The molecule has 1 N–H and O–H groups in total. The molecule has 1 aromatic rings. The largest absolute Gasteiger partial charge is 0.506 e. The molecule has 1 aliphatic heterocycles. The number of para-hydroxylation sites is 2. The van der Waals surface area contributed by atoms with E-state index in [0.717, 1.165) is 5.70 Å². The van der Waals surface area contributed by atoms with Gasteiger partial charge in [0.25, 0.3) is 0 Å². The number of nitrogens with zero attached hydrogens (tertiary/aromatic N) is 1. The molecule has 0 saturated heterocycles. The maximum atomic E-state index is 12.0. The second kappa shape index (κ2) is 5.05. The fraction of sp³-hybridized carbons (Fsp3) is 0. The molecular weight excluding hydrogens is 250 g/mol. The number of rotatable bonds is 1. The van der Waals surface area contributed by atoms with Gasteiger partial charge in [-0.3, -0.25) is 4.79 Å². The molecule has 0 radical (unpaired) electrons. The van der Waals surface area contributed by atoms with Crippen molar-refractivity contribution >= 4 is 11.5 Å². The first kappa shape index (κ1) is 12.2. The fourth-order valence-corrected chi connectivity index (χ4v) is 2.22. The number of allylic oxidation sites excluding steroid dienone is 8. The number of phenolic OH excluding ortho intramolecular Hbond substituents is 1. The number of hydrogen-bond acceptors (Lipinski definition) is 3. The van der Waals surface area contributed by atoms with Gasteiger partial charge < -0.3 is 10.0 Å². The summed E-state index contributed by atoms with van der Waals surface area (Å²) >= 11 is 0. The summed E-state index contributed by atoms with van der Waals surface area (Å²) in [5, 5.41) is 10.0. The molecule has 0 spiro atoms. The van der Waals surface area contributed by atoms with Gasteiger partial charge in [-0.25, -0.2) is 0 Å². The highest BCUT2D eigenvalue weighted by atomic mass is 16.3. The summed E-state index contributed by atoms with van der Waals surface area (Å²) in [6.45, 7) is 0. The van der Waals surface area contributed by atoms with Gasteiger partial charge in [-0.05, 0) is 36.4 Å². The van der Waals surface area contributed by atoms with E-state index in [1.165, 1.54) is 6.08 Å². The lowest BCUT2D eigenvalue weighted by Crippen LogP contribution is -2.20. The number of phenols is 1. The molecule has 1 aliphatic carbocycles. The van der Waals surface area contributed by atoms with Crippen molar-refractivity contribution in [3.8, 4) is 5.75 Å². The maximum Gasteiger partial charge on any atom is 0.187 e. The SMILES string of the molecule is O=C1C=CC=CC1=C1C=CC=CN1c1ccccc1O. The Bertz CT molecular complexity index is 705. The van der Waals surface area contributed by atoms with Crippen molar-refractivity contribution in [2.75, 3.05) is 4.90 Å². The normalized spacial score (nSPS) is 20.8. The van der Waals surface area contributed by atoms with E-state index in [2.05, 4.69) is 0 Å². The molecule has 1 aromatic carbocycles. The lowest BCUT2D eigenvalue weighted by Gasteiger charge is -2.26. The minimum absolute atomic E-state index is 0.0390. The van der Waals surface area contributed by atoms with Crippen LogP contribution in [-0.2, 0) is 4.79 Å². The lowest BCUT2D eigenvalue weighted by molar-refractivity contribution is -0.111. The van der Waals surface area contributed by atoms with Gasteiger partial charge in [0, 0.05) is 11.8 Å². The fourth-order valence-electron chi connectivity index (χ4n) is 2.22. The first-order valence-electron chi connectivity index (χ1n) is 6.33. The van der Waals surface area contributed by atoms with E-state index < -0.39 is 0 Å². The predicted molar refractivity (Wildman–Crippen MR) is 79.2 cm³/mol. The second-order valence-corrected chi connectivity index (χ2v) is 4.44. The average molecular weight is 263 g/mol. The van der Waals surface area contributed by atoms with E-state index in [1.807, 2.05) is 47.5 Å². The second-order valence-electron chi connectivity index (χ2n) is 4.44. The smallest absolute Gasteiger partial charge is 0.187 e. The third kappa shape index (κ3) is 2.10. The van der Waals surface area contributed by atoms with Gasteiger partial charge in [0.15, 0.2) is 5.78 Å². The van der Waals surface area contributed by atoms with Crippen LogP contribution in [0.15, 0.2) is 84.3 Å². The minimum Gasteiger partial charge on any atom is -0.506 e. The topological polar surface area (TPSA) is 40.5 Å². The van der Waals surface area contributed by atoms with Crippen LogP contribution in [0.2, 0.25) is 0 Å². The minimum atomic E-state index is -0.0390. The molecule has 0 atom stereocenters. The summed E-state index contributed by atoms with van der Waals surface area (Å²) in [4.78, 5) is 13.8. The Morgan fingerprint density at radius 3 is 2.45 bits per heavy atom. The van der Waals surface area contributed by atoms with Gasteiger partial charge in [-0.15, -0.1) is 0 Å². The van der Waals surface area contributed by atoms with Crippen molar-refractivity contribution in [2.45, 2.75) is 0 Å². The van der Waals surface area contributed by atoms with Crippen LogP contribution in [0.4, 0.5) is 5.69 Å². The average Bonchev–Trinajstić information content (AvgIpc) is 2.48. The van der Waals surface area contributed by atoms with Crippen molar-refractivity contribution in [2.24, 2.45) is 0 Å². The van der Waals surface area contributed by atoms with Crippen molar-refractivity contribution in [3.05, 3.63) is 84.3 Å². The highest BCUT2D eigenvalue weighted by Crippen LogP contribution is 2.33. The first-order chi connectivity index (χ1) is 9.77. The summed E-state index contributed by atoms with van der Waals surface area (Å²) in [6, 6.07) is 7.06. The molecule has 98 valence electrons. The summed E-state index contributed by atoms with van der Waals surface area (Å²) in [7, 11) is 0. The monoisotopic (exact) mass is 263 g/mol. The Balaban J connectivity index is 2.13. The van der Waals surface area contributed by atoms with E-state index in [1.54, 1.807) is 24.3 Å². The summed E-state index contributed by atoms with van der Waals surface area (Å²) in [5.74, 6) is 0.135. The Hall–Kier alpha value is -2.81. The Morgan fingerprint density at radius 2 is 1.65 bits per heavy atom. The van der Waals surface area contributed by atoms with Crippen LogP contribution in [0.25, 0.3) is 0 Å². The maximum absolute atomic E-state index is 12.0. The van der Waals surface area contributed by atoms with Crippen LogP contribution in [0, 0.1) is 0 Å². The molecule has 3 nitrogen and oxygen atoms in total. The molecule has 0 unspecified atom stereocenters. The van der Waals surface area contributed by atoms with Crippen molar-refractivity contribution < 1.29 is 9.90 Å². The third-order valence-corrected chi connectivity index (χ3v) is 3.16. The van der Waals surface area contributed by atoms with Crippen LogP contribution in [0.3, 0.4) is 0 Å². The Morgan fingerprint density at radius 1 is 0.900 bits per heavy atom. The van der Waals surface area contributed by atoms with Crippen molar-refractivity contribution in [3.63, 3.8) is 0 Å². The molecule has 0 fully saturated rings. The van der Waals surface area contributed by atoms with Crippen LogP contribution in [0.5, 0.6) is 5.75 Å². The number of carbonyl (C=O) groups is 1.